The Bertz CT molecular complexity index is 1050. The normalized spacial score (nSPS) is 13.5. The number of methoxy groups -OCH3 is 1. The molecule has 8 heteroatoms. The van der Waals surface area contributed by atoms with Crippen LogP contribution in [0.25, 0.3) is 10.9 Å². The van der Waals surface area contributed by atoms with Crippen LogP contribution in [0.3, 0.4) is 0 Å². The van der Waals surface area contributed by atoms with Gasteiger partial charge in [0.25, 0.3) is 0 Å². The molecule has 0 unspecified atom stereocenters. The number of anilines is 1. The summed E-state index contributed by atoms with van der Waals surface area (Å²) in [6.45, 7) is -0.257. The fourth-order valence-corrected chi connectivity index (χ4v) is 3.49. The molecular weight excluding hydrogens is 422 g/mol. The van der Waals surface area contributed by atoms with Crippen molar-refractivity contribution in [1.29, 1.82) is 0 Å². The molecule has 0 saturated carbocycles. The molecule has 0 aliphatic carbocycles. The van der Waals surface area contributed by atoms with Gasteiger partial charge in [-0.15, -0.1) is 0 Å². The van der Waals surface area contributed by atoms with Crippen LogP contribution in [-0.2, 0) is 17.9 Å². The second-order valence-electron chi connectivity index (χ2n) is 6.00. The Hall–Kier alpha value is -2.74. The molecule has 0 radical (unpaired) electrons. The number of halogens is 3. The van der Waals surface area contributed by atoms with Crippen LogP contribution in [0.4, 0.5) is 19.3 Å². The molecule has 0 spiro atoms. The second-order valence-corrected chi connectivity index (χ2v) is 6.92. The van der Waals surface area contributed by atoms with Crippen molar-refractivity contribution in [2.75, 3.05) is 12.0 Å². The lowest BCUT2D eigenvalue weighted by Gasteiger charge is -2.30. The number of pyridine rings is 1. The summed E-state index contributed by atoms with van der Waals surface area (Å²) in [7, 11) is 1.54. The quantitative estimate of drug-likeness (QED) is 0.585. The molecule has 138 valence electrons. The third-order valence-corrected chi connectivity index (χ3v) is 4.84. The number of cyclic esters (lactones) is 1. The molecule has 0 bridgehead atoms. The lowest BCUT2D eigenvalue weighted by Crippen LogP contribution is -2.36. The van der Waals surface area contributed by atoms with E-state index in [2.05, 4.69) is 20.9 Å². The molecule has 1 aromatic heterocycles. The predicted octanol–water partition coefficient (Wildman–Crippen LogP) is 4.94. The lowest BCUT2D eigenvalue weighted by molar-refractivity contribution is 0.141. The summed E-state index contributed by atoms with van der Waals surface area (Å²) >= 11 is 3.05. The number of hydrogen-bond acceptors (Lipinski definition) is 4. The van der Waals surface area contributed by atoms with E-state index in [9.17, 15) is 13.6 Å². The van der Waals surface area contributed by atoms with Crippen molar-refractivity contribution in [3.8, 4) is 5.75 Å². The minimum Gasteiger partial charge on any atom is -0.497 e. The van der Waals surface area contributed by atoms with E-state index >= 15 is 0 Å². The van der Waals surface area contributed by atoms with E-state index in [1.54, 1.807) is 31.5 Å². The van der Waals surface area contributed by atoms with Crippen molar-refractivity contribution in [3.63, 3.8) is 0 Å². The van der Waals surface area contributed by atoms with E-state index in [-0.39, 0.29) is 23.2 Å². The van der Waals surface area contributed by atoms with Gasteiger partial charge in [-0.2, -0.15) is 0 Å². The van der Waals surface area contributed by atoms with Crippen molar-refractivity contribution in [3.05, 3.63) is 63.8 Å². The van der Waals surface area contributed by atoms with Crippen LogP contribution in [0.2, 0.25) is 0 Å². The highest BCUT2D eigenvalue weighted by Gasteiger charge is 2.30. The zero-order valence-corrected chi connectivity index (χ0v) is 15.7. The summed E-state index contributed by atoms with van der Waals surface area (Å²) in [4.78, 5) is 18.0. The van der Waals surface area contributed by atoms with Gasteiger partial charge in [0.1, 0.15) is 24.0 Å². The molecule has 1 amide bonds. The van der Waals surface area contributed by atoms with Crippen molar-refractivity contribution < 1.29 is 23.0 Å². The van der Waals surface area contributed by atoms with Crippen molar-refractivity contribution in [1.82, 2.24) is 4.98 Å². The van der Waals surface area contributed by atoms with Gasteiger partial charge in [0.15, 0.2) is 0 Å². The van der Waals surface area contributed by atoms with Crippen LogP contribution in [0.1, 0.15) is 11.1 Å². The number of carbonyl (C=O) groups excluding carboxylic acids is 1. The van der Waals surface area contributed by atoms with Gasteiger partial charge in [-0.1, -0.05) is 15.9 Å². The first-order valence-electron chi connectivity index (χ1n) is 8.01. The molecule has 2 aromatic carbocycles. The number of aromatic nitrogens is 1. The molecule has 0 N–H and O–H groups in total. The monoisotopic (exact) mass is 434 g/mol. The van der Waals surface area contributed by atoms with E-state index < -0.39 is 17.7 Å². The summed E-state index contributed by atoms with van der Waals surface area (Å²) in [5.41, 5.74) is 1.57. The Balaban J connectivity index is 1.86. The van der Waals surface area contributed by atoms with Gasteiger partial charge in [-0.3, -0.25) is 9.88 Å². The van der Waals surface area contributed by atoms with E-state index in [1.807, 2.05) is 0 Å². The van der Waals surface area contributed by atoms with Crippen LogP contribution in [0.5, 0.6) is 5.75 Å². The first kappa shape index (κ1) is 17.7. The highest BCUT2D eigenvalue weighted by molar-refractivity contribution is 9.10. The maximum atomic E-state index is 14.3. The van der Waals surface area contributed by atoms with Crippen LogP contribution in [-0.4, -0.2) is 18.2 Å². The van der Waals surface area contributed by atoms with E-state index in [4.69, 9.17) is 9.47 Å². The highest BCUT2D eigenvalue weighted by atomic mass is 79.9. The largest absolute Gasteiger partial charge is 0.497 e. The molecule has 27 heavy (non-hydrogen) atoms. The summed E-state index contributed by atoms with van der Waals surface area (Å²) in [5.74, 6) is -0.881. The van der Waals surface area contributed by atoms with E-state index in [0.29, 0.717) is 27.9 Å². The van der Waals surface area contributed by atoms with Crippen molar-refractivity contribution in [2.24, 2.45) is 0 Å². The number of benzene rings is 2. The van der Waals surface area contributed by atoms with Gasteiger partial charge in [-0.05, 0) is 24.3 Å². The maximum Gasteiger partial charge on any atom is 0.414 e. The molecule has 0 atom stereocenters. The second kappa shape index (κ2) is 6.77. The Morgan fingerprint density at radius 3 is 2.70 bits per heavy atom. The fourth-order valence-electron chi connectivity index (χ4n) is 3.08. The average molecular weight is 435 g/mol. The van der Waals surface area contributed by atoms with Gasteiger partial charge in [0.2, 0.25) is 0 Å². The Morgan fingerprint density at radius 2 is 2.00 bits per heavy atom. The van der Waals surface area contributed by atoms with Gasteiger partial charge in [0, 0.05) is 33.2 Å². The molecule has 1 aliphatic heterocycles. The SMILES string of the molecule is COc1ccc2c3c(cnc2c1)COC(=O)N3Cc1c(F)cc(Br)cc1F. The fraction of sp³-hybridized carbons (Fsp3) is 0.158. The van der Waals surface area contributed by atoms with E-state index in [1.165, 1.54) is 4.90 Å². The van der Waals surface area contributed by atoms with Gasteiger partial charge < -0.3 is 9.47 Å². The molecule has 3 aromatic rings. The van der Waals surface area contributed by atoms with Gasteiger partial charge >= 0.3 is 6.09 Å². The highest BCUT2D eigenvalue weighted by Crippen LogP contribution is 2.36. The summed E-state index contributed by atoms with van der Waals surface area (Å²) in [6.07, 6.45) is 0.915. The first-order valence-corrected chi connectivity index (χ1v) is 8.80. The van der Waals surface area contributed by atoms with Crippen LogP contribution in [0.15, 0.2) is 41.0 Å². The average Bonchev–Trinajstić information content (AvgIpc) is 2.65. The van der Waals surface area contributed by atoms with Gasteiger partial charge in [-0.25, -0.2) is 13.6 Å². The number of ether oxygens (including phenoxy) is 2. The molecule has 2 heterocycles. The van der Waals surface area contributed by atoms with Crippen molar-refractivity contribution in [2.45, 2.75) is 13.2 Å². The smallest absolute Gasteiger partial charge is 0.414 e. The molecule has 0 fully saturated rings. The topological polar surface area (TPSA) is 51.7 Å². The zero-order valence-electron chi connectivity index (χ0n) is 14.1. The minimum atomic E-state index is -0.748. The zero-order chi connectivity index (χ0) is 19.1. The number of amides is 1. The molecule has 1 aliphatic rings. The molecule has 4 rings (SSSR count). The predicted molar refractivity (Wildman–Crippen MR) is 98.7 cm³/mol. The number of rotatable bonds is 3. The maximum absolute atomic E-state index is 14.3. The third kappa shape index (κ3) is 3.10. The summed E-state index contributed by atoms with van der Waals surface area (Å²) < 4.78 is 39.2. The molecular formula is C19H13BrF2N2O3. The first-order chi connectivity index (χ1) is 13.0. The summed E-state index contributed by atoms with van der Waals surface area (Å²) in [5, 5.41) is 0.669. The number of carbonyl (C=O) groups is 1. The Labute approximate surface area is 161 Å². The number of nitrogens with zero attached hydrogens (tertiary/aromatic N) is 2. The van der Waals surface area contributed by atoms with E-state index in [0.717, 1.165) is 12.1 Å². The Kier molecular flexibility index (Phi) is 4.43. The third-order valence-electron chi connectivity index (χ3n) is 4.39. The number of hydrogen-bond donors (Lipinski definition) is 0. The lowest BCUT2D eigenvalue weighted by atomic mass is 10.1. The summed E-state index contributed by atoms with van der Waals surface area (Å²) in [6, 6.07) is 7.55. The van der Waals surface area contributed by atoms with Crippen LogP contribution in [0, 0.1) is 11.6 Å². The minimum absolute atomic E-state index is 0.0466. The molecule has 5 nitrogen and oxygen atoms in total. The Morgan fingerprint density at radius 1 is 1.26 bits per heavy atom. The van der Waals surface area contributed by atoms with Crippen LogP contribution < -0.4 is 9.64 Å². The van der Waals surface area contributed by atoms with Crippen molar-refractivity contribution >= 4 is 38.6 Å². The standard InChI is InChI=1S/C19H13BrF2N2O3/c1-26-12-2-3-13-17(6-12)23-7-10-9-27-19(25)24(18(10)13)8-14-15(21)4-11(20)5-16(14)22/h2-7H,8-9H2,1H3. The van der Waals surface area contributed by atoms with Gasteiger partial charge in [0.05, 0.1) is 24.9 Å². The van der Waals surface area contributed by atoms with Crippen LogP contribution >= 0.6 is 15.9 Å². The number of fused-ring (bicyclic) bond motifs is 3. The molecule has 0 saturated heterocycles.